The molecule has 2 aromatic carbocycles. The third-order valence-corrected chi connectivity index (χ3v) is 6.44. The number of nitrogens with zero attached hydrogens (tertiary/aromatic N) is 4. The van der Waals surface area contributed by atoms with Crippen molar-refractivity contribution in [1.82, 2.24) is 25.0 Å². The largest absolute Gasteiger partial charge is 0.341 e. The molecule has 0 aliphatic carbocycles. The molecule has 1 fully saturated rings. The molecule has 9 heteroatoms. The molecule has 1 aliphatic rings. The van der Waals surface area contributed by atoms with Crippen molar-refractivity contribution in [3.05, 3.63) is 66.0 Å². The molecule has 2 amide bonds. The van der Waals surface area contributed by atoms with Crippen molar-refractivity contribution in [3.8, 4) is 11.4 Å². The van der Waals surface area contributed by atoms with Gasteiger partial charge in [-0.15, -0.1) is 5.10 Å². The van der Waals surface area contributed by atoms with Crippen LogP contribution >= 0.6 is 0 Å². The molecule has 0 bridgehead atoms. The summed E-state index contributed by atoms with van der Waals surface area (Å²) in [4.78, 5) is 32.9. The number of aromatic nitrogens is 3. The van der Waals surface area contributed by atoms with E-state index in [0.29, 0.717) is 17.9 Å². The summed E-state index contributed by atoms with van der Waals surface area (Å²) < 4.78 is 15.2. The number of nitrogens with one attached hydrogen (secondary N) is 2. The first kappa shape index (κ1) is 25.5. The quantitative estimate of drug-likeness (QED) is 0.499. The van der Waals surface area contributed by atoms with Crippen LogP contribution in [0.4, 0.5) is 10.3 Å². The molecular weight excluding hydrogens is 459 g/mol. The lowest BCUT2D eigenvalue weighted by molar-refractivity contribution is -0.132. The van der Waals surface area contributed by atoms with E-state index in [-0.39, 0.29) is 29.8 Å². The topological polar surface area (TPSA) is 92.2 Å². The molecule has 2 heterocycles. The van der Waals surface area contributed by atoms with E-state index in [1.54, 1.807) is 30.7 Å². The number of likely N-dealkylation sites (tertiary alicyclic amines) is 1. The molecule has 8 nitrogen and oxygen atoms in total. The molecular formula is C27H33FN6O2. The number of hydrogen-bond acceptors (Lipinski definition) is 5. The number of anilines is 1. The van der Waals surface area contributed by atoms with E-state index in [4.69, 9.17) is 0 Å². The number of benzene rings is 2. The van der Waals surface area contributed by atoms with Gasteiger partial charge in [0, 0.05) is 11.6 Å². The Balaban J connectivity index is 1.53. The zero-order chi connectivity index (χ0) is 25.9. The molecule has 0 saturated carbocycles. The van der Waals surface area contributed by atoms with Crippen LogP contribution in [0.15, 0.2) is 54.6 Å². The molecule has 0 unspecified atom stereocenters. The Hall–Kier alpha value is -3.59. The zero-order valence-corrected chi connectivity index (χ0v) is 21.2. The molecule has 0 radical (unpaired) electrons. The molecule has 0 spiro atoms. The van der Waals surface area contributed by atoms with Gasteiger partial charge in [-0.25, -0.2) is 9.07 Å². The SMILES string of the molecule is CC(C)N1CCC[C@H]1C(=O)NC(C)(C)C(=O)Nc1nc(-c2ccc(F)cc2)n(Cc2ccccc2)n1. The first-order chi connectivity index (χ1) is 17.1. The summed E-state index contributed by atoms with van der Waals surface area (Å²) in [5, 5.41) is 10.2. The van der Waals surface area contributed by atoms with Gasteiger partial charge in [-0.05, 0) is 76.9 Å². The summed E-state index contributed by atoms with van der Waals surface area (Å²) >= 11 is 0. The number of carbonyl (C=O) groups excluding carboxylic acids is 2. The maximum atomic E-state index is 13.5. The summed E-state index contributed by atoms with van der Waals surface area (Å²) in [6.07, 6.45) is 1.73. The van der Waals surface area contributed by atoms with Crippen LogP contribution in [-0.4, -0.2) is 55.6 Å². The van der Waals surface area contributed by atoms with Crippen LogP contribution in [0.25, 0.3) is 11.4 Å². The van der Waals surface area contributed by atoms with Crippen molar-refractivity contribution in [2.24, 2.45) is 0 Å². The van der Waals surface area contributed by atoms with Gasteiger partial charge in [-0.1, -0.05) is 30.3 Å². The lowest BCUT2D eigenvalue weighted by Crippen LogP contribution is -2.57. The minimum Gasteiger partial charge on any atom is -0.341 e. The summed E-state index contributed by atoms with van der Waals surface area (Å²) in [7, 11) is 0. The highest BCUT2D eigenvalue weighted by molar-refractivity contribution is 5.99. The van der Waals surface area contributed by atoms with E-state index >= 15 is 0 Å². The van der Waals surface area contributed by atoms with Gasteiger partial charge in [0.15, 0.2) is 5.82 Å². The Morgan fingerprint density at radius 1 is 1.11 bits per heavy atom. The van der Waals surface area contributed by atoms with E-state index in [1.807, 2.05) is 30.3 Å². The van der Waals surface area contributed by atoms with Gasteiger partial charge >= 0.3 is 0 Å². The molecule has 1 atom stereocenters. The van der Waals surface area contributed by atoms with Gasteiger partial charge in [0.2, 0.25) is 11.9 Å². The molecule has 1 aliphatic heterocycles. The van der Waals surface area contributed by atoms with E-state index in [9.17, 15) is 14.0 Å². The van der Waals surface area contributed by atoms with Crippen LogP contribution in [0.3, 0.4) is 0 Å². The first-order valence-corrected chi connectivity index (χ1v) is 12.3. The maximum absolute atomic E-state index is 13.5. The number of carbonyl (C=O) groups is 2. The fourth-order valence-electron chi connectivity index (χ4n) is 4.47. The Kier molecular flexibility index (Phi) is 7.49. The normalized spacial score (nSPS) is 16.3. The Labute approximate surface area is 210 Å². The van der Waals surface area contributed by atoms with Crippen LogP contribution in [-0.2, 0) is 16.1 Å². The zero-order valence-electron chi connectivity index (χ0n) is 21.2. The Morgan fingerprint density at radius 3 is 2.47 bits per heavy atom. The van der Waals surface area contributed by atoms with E-state index in [0.717, 1.165) is 24.9 Å². The highest BCUT2D eigenvalue weighted by atomic mass is 19.1. The van der Waals surface area contributed by atoms with Crippen LogP contribution in [0.5, 0.6) is 0 Å². The van der Waals surface area contributed by atoms with E-state index in [2.05, 4.69) is 39.5 Å². The maximum Gasteiger partial charge on any atom is 0.251 e. The van der Waals surface area contributed by atoms with Gasteiger partial charge in [-0.3, -0.25) is 19.8 Å². The summed E-state index contributed by atoms with van der Waals surface area (Å²) in [6.45, 7) is 8.76. The van der Waals surface area contributed by atoms with Crippen LogP contribution in [0.1, 0.15) is 46.1 Å². The van der Waals surface area contributed by atoms with Crippen molar-refractivity contribution >= 4 is 17.8 Å². The van der Waals surface area contributed by atoms with Crippen LogP contribution in [0, 0.1) is 5.82 Å². The standard InChI is InChI=1S/C27H33FN6O2/c1-18(2)33-16-8-11-22(33)24(35)31-27(3,4)25(36)30-26-29-23(20-12-14-21(28)15-13-20)34(32-26)17-19-9-6-5-7-10-19/h5-7,9-10,12-15,18,22H,8,11,16-17H2,1-4H3,(H,31,35)(H,30,32,36)/t22-/m0/s1. The van der Waals surface area contributed by atoms with Crippen molar-refractivity contribution in [3.63, 3.8) is 0 Å². The number of halogens is 1. The molecule has 3 aromatic rings. The third kappa shape index (κ3) is 5.79. The summed E-state index contributed by atoms with van der Waals surface area (Å²) in [5.41, 5.74) is 0.494. The highest BCUT2D eigenvalue weighted by Gasteiger charge is 2.37. The average Bonchev–Trinajstić information content (AvgIpc) is 3.48. The number of rotatable bonds is 8. The monoisotopic (exact) mass is 492 g/mol. The highest BCUT2D eigenvalue weighted by Crippen LogP contribution is 2.23. The molecule has 190 valence electrons. The van der Waals surface area contributed by atoms with Gasteiger partial charge < -0.3 is 5.32 Å². The molecule has 4 rings (SSSR count). The van der Waals surface area contributed by atoms with Gasteiger partial charge in [0.25, 0.3) is 5.91 Å². The molecule has 1 saturated heterocycles. The lowest BCUT2D eigenvalue weighted by atomic mass is 10.0. The predicted molar refractivity (Wildman–Crippen MR) is 137 cm³/mol. The Morgan fingerprint density at radius 2 is 1.81 bits per heavy atom. The predicted octanol–water partition coefficient (Wildman–Crippen LogP) is 3.84. The van der Waals surface area contributed by atoms with Crippen molar-refractivity contribution in [2.75, 3.05) is 11.9 Å². The minimum atomic E-state index is -1.18. The number of amides is 2. The second-order valence-electron chi connectivity index (χ2n) is 9.97. The molecule has 2 N–H and O–H groups in total. The van der Waals surface area contributed by atoms with Crippen molar-refractivity contribution in [1.29, 1.82) is 0 Å². The van der Waals surface area contributed by atoms with E-state index < -0.39 is 11.4 Å². The third-order valence-electron chi connectivity index (χ3n) is 6.44. The second kappa shape index (κ2) is 10.6. The molecule has 36 heavy (non-hydrogen) atoms. The minimum absolute atomic E-state index is 0.113. The van der Waals surface area contributed by atoms with Gasteiger partial charge in [0.1, 0.15) is 11.4 Å². The van der Waals surface area contributed by atoms with Crippen LogP contribution in [0.2, 0.25) is 0 Å². The first-order valence-electron chi connectivity index (χ1n) is 12.3. The fourth-order valence-corrected chi connectivity index (χ4v) is 4.47. The van der Waals surface area contributed by atoms with Crippen LogP contribution < -0.4 is 10.6 Å². The van der Waals surface area contributed by atoms with Gasteiger partial charge in [-0.2, -0.15) is 4.98 Å². The van der Waals surface area contributed by atoms with E-state index in [1.165, 1.54) is 12.1 Å². The molecule has 1 aromatic heterocycles. The fraction of sp³-hybridized carbons (Fsp3) is 0.407. The second-order valence-corrected chi connectivity index (χ2v) is 9.97. The average molecular weight is 493 g/mol. The smallest absolute Gasteiger partial charge is 0.251 e. The summed E-state index contributed by atoms with van der Waals surface area (Å²) in [6, 6.07) is 15.7. The van der Waals surface area contributed by atoms with Gasteiger partial charge in [0.05, 0.1) is 12.6 Å². The van der Waals surface area contributed by atoms with Crippen molar-refractivity contribution in [2.45, 2.75) is 64.7 Å². The number of hydrogen-bond donors (Lipinski definition) is 2. The van der Waals surface area contributed by atoms with Crippen molar-refractivity contribution < 1.29 is 14.0 Å². The summed E-state index contributed by atoms with van der Waals surface area (Å²) in [5.74, 6) is -0.322. The lowest BCUT2D eigenvalue weighted by Gasteiger charge is -2.31. The Bertz CT molecular complexity index is 1210.